The quantitative estimate of drug-likeness (QED) is 0.874. The smallest absolute Gasteiger partial charge is 0.0791 e. The summed E-state index contributed by atoms with van der Waals surface area (Å²) in [5.74, 6) is 0.624. The lowest BCUT2D eigenvalue weighted by molar-refractivity contribution is 0.0173. The number of rotatable bonds is 5. The van der Waals surface area contributed by atoms with Crippen molar-refractivity contribution in [1.29, 1.82) is 0 Å². The summed E-state index contributed by atoms with van der Waals surface area (Å²) in [6.45, 7) is 2.18. The van der Waals surface area contributed by atoms with Gasteiger partial charge in [-0.1, -0.05) is 50.5 Å². The minimum absolute atomic E-state index is 0.000370. The number of hydrogen-bond donors (Lipinski definition) is 1. The highest BCUT2D eigenvalue weighted by atomic mass is 16.5. The molecule has 0 saturated heterocycles. The van der Waals surface area contributed by atoms with Crippen LogP contribution in [0.4, 0.5) is 0 Å². The van der Waals surface area contributed by atoms with Gasteiger partial charge in [0.25, 0.3) is 0 Å². The lowest BCUT2D eigenvalue weighted by Crippen LogP contribution is -2.36. The van der Waals surface area contributed by atoms with Crippen LogP contribution >= 0.6 is 0 Å². The van der Waals surface area contributed by atoms with Crippen LogP contribution in [0.3, 0.4) is 0 Å². The molecule has 0 spiro atoms. The molecule has 1 fully saturated rings. The van der Waals surface area contributed by atoms with Gasteiger partial charge in [0, 0.05) is 7.11 Å². The van der Waals surface area contributed by atoms with Gasteiger partial charge in [0.2, 0.25) is 0 Å². The van der Waals surface area contributed by atoms with E-state index in [4.69, 9.17) is 10.5 Å². The molecular formula is C17H27NO. The fraction of sp³-hybridized carbons (Fsp3) is 0.647. The Kier molecular flexibility index (Phi) is 5.41. The molecule has 2 heteroatoms. The number of benzene rings is 1. The Morgan fingerprint density at radius 3 is 2.63 bits per heavy atom. The van der Waals surface area contributed by atoms with E-state index in [0.717, 1.165) is 6.42 Å². The van der Waals surface area contributed by atoms with Gasteiger partial charge in [0.05, 0.1) is 12.1 Å². The molecule has 2 rings (SSSR count). The number of hydrogen-bond acceptors (Lipinski definition) is 2. The highest BCUT2D eigenvalue weighted by Gasteiger charge is 2.29. The number of ether oxygens (including phenoxy) is 1. The maximum Gasteiger partial charge on any atom is 0.0791 e. The second-order valence-corrected chi connectivity index (χ2v) is 5.72. The van der Waals surface area contributed by atoms with E-state index >= 15 is 0 Å². The standard InChI is InChI=1S/C17H27NO/c1-3-13-8-7-11-15(12-13)16(18)17(19-2)14-9-5-4-6-10-14/h7-8,11-12,14,16-17H,3-6,9-10,18H2,1-2H3. The van der Waals surface area contributed by atoms with Crippen LogP contribution in [0.2, 0.25) is 0 Å². The summed E-state index contributed by atoms with van der Waals surface area (Å²) in [4.78, 5) is 0. The zero-order valence-electron chi connectivity index (χ0n) is 12.3. The minimum Gasteiger partial charge on any atom is -0.379 e. The molecule has 1 aliphatic rings. The Bertz CT molecular complexity index is 385. The largest absolute Gasteiger partial charge is 0.379 e. The fourth-order valence-corrected chi connectivity index (χ4v) is 3.31. The molecule has 0 bridgehead atoms. The van der Waals surface area contributed by atoms with Crippen molar-refractivity contribution >= 4 is 0 Å². The summed E-state index contributed by atoms with van der Waals surface area (Å²) in [5.41, 5.74) is 9.05. The SMILES string of the molecule is CCc1cccc(C(N)C(OC)C2CCCCC2)c1. The summed E-state index contributed by atoms with van der Waals surface area (Å²) in [5, 5.41) is 0. The zero-order chi connectivity index (χ0) is 13.7. The summed E-state index contributed by atoms with van der Waals surface area (Å²) in [7, 11) is 1.81. The molecule has 2 unspecified atom stereocenters. The first kappa shape index (κ1) is 14.5. The Hall–Kier alpha value is -0.860. The maximum absolute atomic E-state index is 6.48. The molecule has 0 radical (unpaired) electrons. The molecule has 1 saturated carbocycles. The fourth-order valence-electron chi connectivity index (χ4n) is 3.31. The monoisotopic (exact) mass is 261 g/mol. The second kappa shape index (κ2) is 7.06. The summed E-state index contributed by atoms with van der Waals surface area (Å²) >= 11 is 0. The van der Waals surface area contributed by atoms with Gasteiger partial charge >= 0.3 is 0 Å². The lowest BCUT2D eigenvalue weighted by Gasteiger charge is -2.33. The first-order valence-corrected chi connectivity index (χ1v) is 7.63. The third kappa shape index (κ3) is 3.58. The Morgan fingerprint density at radius 1 is 1.26 bits per heavy atom. The van der Waals surface area contributed by atoms with E-state index in [1.165, 1.54) is 43.2 Å². The summed E-state index contributed by atoms with van der Waals surface area (Å²) in [6.07, 6.45) is 7.76. The van der Waals surface area contributed by atoms with Crippen molar-refractivity contribution in [1.82, 2.24) is 0 Å². The van der Waals surface area contributed by atoms with Gasteiger partial charge in [-0.2, -0.15) is 0 Å². The predicted molar refractivity (Wildman–Crippen MR) is 80.1 cm³/mol. The summed E-state index contributed by atoms with van der Waals surface area (Å²) < 4.78 is 5.75. The molecule has 106 valence electrons. The van der Waals surface area contributed by atoms with Gasteiger partial charge in [-0.25, -0.2) is 0 Å². The van der Waals surface area contributed by atoms with Crippen molar-refractivity contribution in [2.45, 2.75) is 57.6 Å². The lowest BCUT2D eigenvalue weighted by atomic mass is 9.81. The van der Waals surface area contributed by atoms with Gasteiger partial charge in [0.1, 0.15) is 0 Å². The van der Waals surface area contributed by atoms with Crippen molar-refractivity contribution in [3.8, 4) is 0 Å². The van der Waals surface area contributed by atoms with Crippen LogP contribution in [-0.4, -0.2) is 13.2 Å². The highest BCUT2D eigenvalue weighted by Crippen LogP contribution is 2.33. The van der Waals surface area contributed by atoms with E-state index in [-0.39, 0.29) is 12.1 Å². The molecule has 1 aromatic rings. The van der Waals surface area contributed by atoms with Crippen LogP contribution < -0.4 is 5.73 Å². The predicted octanol–water partition coefficient (Wildman–Crippen LogP) is 3.84. The number of nitrogens with two attached hydrogens (primary N) is 1. The number of methoxy groups -OCH3 is 1. The van der Waals surface area contributed by atoms with Crippen LogP contribution in [0.1, 0.15) is 56.2 Å². The summed E-state index contributed by atoms with van der Waals surface area (Å²) in [6, 6.07) is 8.65. The molecule has 0 aromatic heterocycles. The van der Waals surface area contributed by atoms with Gasteiger partial charge < -0.3 is 10.5 Å². The Morgan fingerprint density at radius 2 is 2.00 bits per heavy atom. The normalized spacial score (nSPS) is 20.2. The molecule has 2 N–H and O–H groups in total. The van der Waals surface area contributed by atoms with Gasteiger partial charge in [-0.05, 0) is 36.3 Å². The molecular weight excluding hydrogens is 234 g/mol. The molecule has 0 heterocycles. The van der Waals surface area contributed by atoms with Crippen molar-refractivity contribution in [2.24, 2.45) is 11.7 Å². The highest BCUT2D eigenvalue weighted by molar-refractivity contribution is 5.26. The average molecular weight is 261 g/mol. The van der Waals surface area contributed by atoms with E-state index in [0.29, 0.717) is 5.92 Å². The molecule has 1 aromatic carbocycles. The first-order valence-electron chi connectivity index (χ1n) is 7.63. The molecule has 1 aliphatic carbocycles. The number of aryl methyl sites for hydroxylation is 1. The third-order valence-corrected chi connectivity index (χ3v) is 4.48. The van der Waals surface area contributed by atoms with E-state index in [1.807, 2.05) is 7.11 Å². The van der Waals surface area contributed by atoms with Crippen LogP contribution in [0, 0.1) is 5.92 Å². The molecule has 2 atom stereocenters. The van der Waals surface area contributed by atoms with Crippen LogP contribution in [0.15, 0.2) is 24.3 Å². The average Bonchev–Trinajstić information content (AvgIpc) is 2.49. The molecule has 0 amide bonds. The third-order valence-electron chi connectivity index (χ3n) is 4.48. The Balaban J connectivity index is 2.12. The first-order chi connectivity index (χ1) is 9.26. The second-order valence-electron chi connectivity index (χ2n) is 5.72. The van der Waals surface area contributed by atoms with Crippen LogP contribution in [0.25, 0.3) is 0 Å². The Labute approximate surface area is 117 Å². The minimum atomic E-state index is -0.000370. The molecule has 0 aliphatic heterocycles. The van der Waals surface area contributed by atoms with E-state index < -0.39 is 0 Å². The van der Waals surface area contributed by atoms with E-state index in [9.17, 15) is 0 Å². The van der Waals surface area contributed by atoms with Crippen LogP contribution in [-0.2, 0) is 11.2 Å². The van der Waals surface area contributed by atoms with Crippen molar-refractivity contribution in [2.75, 3.05) is 7.11 Å². The van der Waals surface area contributed by atoms with Crippen LogP contribution in [0.5, 0.6) is 0 Å². The van der Waals surface area contributed by atoms with Crippen molar-refractivity contribution in [3.63, 3.8) is 0 Å². The van der Waals surface area contributed by atoms with Crippen molar-refractivity contribution in [3.05, 3.63) is 35.4 Å². The molecule has 2 nitrogen and oxygen atoms in total. The van der Waals surface area contributed by atoms with Gasteiger partial charge in [-0.15, -0.1) is 0 Å². The van der Waals surface area contributed by atoms with Crippen molar-refractivity contribution < 1.29 is 4.74 Å². The topological polar surface area (TPSA) is 35.2 Å². The van der Waals surface area contributed by atoms with E-state index in [2.05, 4.69) is 31.2 Å². The van der Waals surface area contributed by atoms with Gasteiger partial charge in [0.15, 0.2) is 0 Å². The maximum atomic E-state index is 6.48. The van der Waals surface area contributed by atoms with E-state index in [1.54, 1.807) is 0 Å². The zero-order valence-corrected chi connectivity index (χ0v) is 12.3. The molecule has 19 heavy (non-hydrogen) atoms. The van der Waals surface area contributed by atoms with Gasteiger partial charge in [-0.3, -0.25) is 0 Å².